The van der Waals surface area contributed by atoms with Gasteiger partial charge in [0.2, 0.25) is 0 Å². The van der Waals surface area contributed by atoms with E-state index in [9.17, 15) is 0 Å². The highest BCUT2D eigenvalue weighted by molar-refractivity contribution is 5.43. The molecule has 0 bridgehead atoms. The minimum Gasteiger partial charge on any atom is -0.496 e. The maximum atomic E-state index is 5.61. The lowest BCUT2D eigenvalue weighted by Gasteiger charge is -2.21. The van der Waals surface area contributed by atoms with Gasteiger partial charge in [-0.3, -0.25) is 0 Å². The van der Waals surface area contributed by atoms with Crippen molar-refractivity contribution in [2.75, 3.05) is 20.3 Å². The number of rotatable bonds is 7. The van der Waals surface area contributed by atoms with Gasteiger partial charge in [-0.1, -0.05) is 37.3 Å². The SMILES string of the molecule is CCNC(c1cccc(OCC)c1)c1ccccc1OC. The van der Waals surface area contributed by atoms with Crippen molar-refractivity contribution in [2.45, 2.75) is 19.9 Å². The average molecular weight is 285 g/mol. The van der Waals surface area contributed by atoms with Gasteiger partial charge in [-0.05, 0) is 37.2 Å². The summed E-state index contributed by atoms with van der Waals surface area (Å²) in [7, 11) is 1.71. The highest BCUT2D eigenvalue weighted by Gasteiger charge is 2.17. The first kappa shape index (κ1) is 15.4. The zero-order chi connectivity index (χ0) is 15.1. The number of ether oxygens (including phenoxy) is 2. The topological polar surface area (TPSA) is 30.5 Å². The van der Waals surface area contributed by atoms with E-state index in [1.54, 1.807) is 7.11 Å². The third-order valence-corrected chi connectivity index (χ3v) is 3.36. The molecular weight excluding hydrogens is 262 g/mol. The van der Waals surface area contributed by atoms with Crippen molar-refractivity contribution in [3.8, 4) is 11.5 Å². The van der Waals surface area contributed by atoms with Gasteiger partial charge < -0.3 is 14.8 Å². The lowest BCUT2D eigenvalue weighted by atomic mass is 9.97. The van der Waals surface area contributed by atoms with Gasteiger partial charge >= 0.3 is 0 Å². The summed E-state index contributed by atoms with van der Waals surface area (Å²) in [6.07, 6.45) is 0. The van der Waals surface area contributed by atoms with E-state index in [1.165, 1.54) is 5.56 Å². The van der Waals surface area contributed by atoms with Crippen LogP contribution in [0, 0.1) is 0 Å². The Balaban J connectivity index is 2.40. The van der Waals surface area contributed by atoms with Crippen molar-refractivity contribution in [2.24, 2.45) is 0 Å². The molecular formula is C18H23NO2. The second-order valence-corrected chi connectivity index (χ2v) is 4.74. The smallest absolute Gasteiger partial charge is 0.123 e. The third-order valence-electron chi connectivity index (χ3n) is 3.36. The summed E-state index contributed by atoms with van der Waals surface area (Å²) in [5.41, 5.74) is 2.31. The highest BCUT2D eigenvalue weighted by atomic mass is 16.5. The number of benzene rings is 2. The standard InChI is InChI=1S/C18H23NO2/c1-4-19-18(16-11-6-7-12-17(16)20-3)14-9-8-10-15(13-14)21-5-2/h6-13,18-19H,4-5H2,1-3H3. The maximum Gasteiger partial charge on any atom is 0.123 e. The van der Waals surface area contributed by atoms with Gasteiger partial charge in [-0.2, -0.15) is 0 Å². The van der Waals surface area contributed by atoms with Gasteiger partial charge in [0.25, 0.3) is 0 Å². The number of para-hydroxylation sites is 1. The predicted octanol–water partition coefficient (Wildman–Crippen LogP) is 3.79. The fraction of sp³-hybridized carbons (Fsp3) is 0.333. The Morgan fingerprint density at radius 3 is 2.57 bits per heavy atom. The molecule has 2 aromatic carbocycles. The summed E-state index contributed by atoms with van der Waals surface area (Å²) in [5.74, 6) is 1.79. The molecule has 1 atom stereocenters. The molecule has 0 amide bonds. The summed E-state index contributed by atoms with van der Waals surface area (Å²) in [6, 6.07) is 16.4. The van der Waals surface area contributed by atoms with Crippen molar-refractivity contribution in [1.29, 1.82) is 0 Å². The molecule has 0 aliphatic rings. The average Bonchev–Trinajstić information content (AvgIpc) is 2.53. The van der Waals surface area contributed by atoms with E-state index in [-0.39, 0.29) is 6.04 Å². The third kappa shape index (κ3) is 3.76. The molecule has 112 valence electrons. The van der Waals surface area contributed by atoms with E-state index in [4.69, 9.17) is 9.47 Å². The molecule has 0 aliphatic carbocycles. The largest absolute Gasteiger partial charge is 0.496 e. The van der Waals surface area contributed by atoms with Gasteiger partial charge in [0.15, 0.2) is 0 Å². The first-order valence-corrected chi connectivity index (χ1v) is 7.39. The number of hydrogen-bond donors (Lipinski definition) is 1. The molecule has 2 aromatic rings. The first-order chi connectivity index (χ1) is 10.3. The molecule has 0 aliphatic heterocycles. The molecule has 0 radical (unpaired) electrons. The molecule has 21 heavy (non-hydrogen) atoms. The van der Waals surface area contributed by atoms with Crippen molar-refractivity contribution in [1.82, 2.24) is 5.32 Å². The second kappa shape index (κ2) is 7.70. The molecule has 0 spiro atoms. The Hall–Kier alpha value is -2.00. The number of methoxy groups -OCH3 is 1. The number of nitrogens with one attached hydrogen (secondary N) is 1. The van der Waals surface area contributed by atoms with Gasteiger partial charge in [0.1, 0.15) is 11.5 Å². The van der Waals surface area contributed by atoms with Crippen LogP contribution in [0.15, 0.2) is 48.5 Å². The van der Waals surface area contributed by atoms with Gasteiger partial charge in [-0.15, -0.1) is 0 Å². The Labute approximate surface area is 126 Å². The van der Waals surface area contributed by atoms with Crippen molar-refractivity contribution in [3.63, 3.8) is 0 Å². The predicted molar refractivity (Wildman–Crippen MR) is 86.1 cm³/mol. The Bertz CT molecular complexity index is 569. The van der Waals surface area contributed by atoms with E-state index >= 15 is 0 Å². The summed E-state index contributed by atoms with van der Waals surface area (Å²) >= 11 is 0. The Kier molecular flexibility index (Phi) is 5.64. The molecule has 0 fully saturated rings. The van der Waals surface area contributed by atoms with Crippen LogP contribution in [0.2, 0.25) is 0 Å². The van der Waals surface area contributed by atoms with Crippen LogP contribution in [0.5, 0.6) is 11.5 Å². The molecule has 1 unspecified atom stereocenters. The normalized spacial score (nSPS) is 12.0. The summed E-state index contributed by atoms with van der Waals surface area (Å²) < 4.78 is 11.1. The van der Waals surface area contributed by atoms with Crippen molar-refractivity contribution in [3.05, 3.63) is 59.7 Å². The number of hydrogen-bond acceptors (Lipinski definition) is 3. The molecule has 0 heterocycles. The van der Waals surface area contributed by atoms with E-state index in [1.807, 2.05) is 37.3 Å². The molecule has 1 N–H and O–H groups in total. The summed E-state index contributed by atoms with van der Waals surface area (Å²) in [6.45, 7) is 5.65. The van der Waals surface area contributed by atoms with E-state index in [2.05, 4.69) is 30.4 Å². The minimum absolute atomic E-state index is 0.0894. The van der Waals surface area contributed by atoms with Crippen molar-refractivity contribution < 1.29 is 9.47 Å². The molecule has 2 rings (SSSR count). The summed E-state index contributed by atoms with van der Waals surface area (Å²) in [4.78, 5) is 0. The molecule has 0 saturated heterocycles. The van der Waals surface area contributed by atoms with Crippen LogP contribution in [0.4, 0.5) is 0 Å². The van der Waals surface area contributed by atoms with E-state index in [0.717, 1.165) is 23.6 Å². The Morgan fingerprint density at radius 2 is 1.86 bits per heavy atom. The minimum atomic E-state index is 0.0894. The van der Waals surface area contributed by atoms with Gasteiger partial charge in [0.05, 0.1) is 19.8 Å². The summed E-state index contributed by atoms with van der Waals surface area (Å²) in [5, 5.41) is 3.52. The van der Waals surface area contributed by atoms with Crippen LogP contribution in [-0.4, -0.2) is 20.3 Å². The van der Waals surface area contributed by atoms with E-state index < -0.39 is 0 Å². The fourth-order valence-electron chi connectivity index (χ4n) is 2.47. The molecule has 0 saturated carbocycles. The van der Waals surface area contributed by atoms with E-state index in [0.29, 0.717) is 6.61 Å². The van der Waals surface area contributed by atoms with Crippen LogP contribution in [0.1, 0.15) is 31.0 Å². The van der Waals surface area contributed by atoms with Crippen molar-refractivity contribution >= 4 is 0 Å². The molecule has 3 heteroatoms. The lowest BCUT2D eigenvalue weighted by Crippen LogP contribution is -2.22. The quantitative estimate of drug-likeness (QED) is 0.839. The van der Waals surface area contributed by atoms with Crippen LogP contribution < -0.4 is 14.8 Å². The van der Waals surface area contributed by atoms with Crippen LogP contribution in [0.3, 0.4) is 0 Å². The monoisotopic (exact) mass is 285 g/mol. The van der Waals surface area contributed by atoms with Crippen LogP contribution in [0.25, 0.3) is 0 Å². The molecule has 0 aromatic heterocycles. The highest BCUT2D eigenvalue weighted by Crippen LogP contribution is 2.31. The zero-order valence-corrected chi connectivity index (χ0v) is 12.9. The van der Waals surface area contributed by atoms with Crippen LogP contribution >= 0.6 is 0 Å². The van der Waals surface area contributed by atoms with Gasteiger partial charge in [-0.25, -0.2) is 0 Å². The first-order valence-electron chi connectivity index (χ1n) is 7.39. The zero-order valence-electron chi connectivity index (χ0n) is 12.9. The van der Waals surface area contributed by atoms with Gasteiger partial charge in [0, 0.05) is 5.56 Å². The molecule has 3 nitrogen and oxygen atoms in total. The Morgan fingerprint density at radius 1 is 1.05 bits per heavy atom. The lowest BCUT2D eigenvalue weighted by molar-refractivity contribution is 0.339. The fourth-order valence-corrected chi connectivity index (χ4v) is 2.47. The van der Waals surface area contributed by atoms with Crippen LogP contribution in [-0.2, 0) is 0 Å². The second-order valence-electron chi connectivity index (χ2n) is 4.74. The maximum absolute atomic E-state index is 5.61.